The molecule has 118 valence electrons. The van der Waals surface area contributed by atoms with Crippen molar-refractivity contribution in [2.75, 3.05) is 6.61 Å². The lowest BCUT2D eigenvalue weighted by atomic mass is 10.2. The lowest BCUT2D eigenvalue weighted by Crippen LogP contribution is -2.13. The number of hydrogen-bond acceptors (Lipinski definition) is 3. The largest absolute Gasteiger partial charge is 0.461 e. The zero-order chi connectivity index (χ0) is 16.5. The summed E-state index contributed by atoms with van der Waals surface area (Å²) in [7, 11) is 0. The maximum absolute atomic E-state index is 12.6. The fraction of sp³-hybridized carbons (Fsp3) is 0.333. The van der Waals surface area contributed by atoms with Gasteiger partial charge in [0.05, 0.1) is 17.9 Å². The first-order valence-corrected chi connectivity index (χ1v) is 6.66. The molecular formula is C15H15F3N2O2. The number of nitrogens with zero attached hydrogens (tertiary/aromatic N) is 2. The molecule has 0 saturated carbocycles. The van der Waals surface area contributed by atoms with Crippen LogP contribution in [-0.4, -0.2) is 22.1 Å². The average Bonchev–Trinajstić information content (AvgIpc) is 2.73. The molecule has 7 heteroatoms. The van der Waals surface area contributed by atoms with Crippen molar-refractivity contribution >= 4 is 5.97 Å². The highest BCUT2D eigenvalue weighted by atomic mass is 19.4. The van der Waals surface area contributed by atoms with Gasteiger partial charge < -0.3 is 4.74 Å². The molecule has 0 aliphatic heterocycles. The number of imidazole rings is 1. The van der Waals surface area contributed by atoms with Crippen molar-refractivity contribution in [3.8, 4) is 5.69 Å². The second-order valence-corrected chi connectivity index (χ2v) is 4.69. The summed E-state index contributed by atoms with van der Waals surface area (Å²) >= 11 is 0. The number of ether oxygens (including phenoxy) is 1. The predicted octanol–water partition coefficient (Wildman–Crippen LogP) is 3.68. The van der Waals surface area contributed by atoms with Crippen LogP contribution in [0.15, 0.2) is 24.3 Å². The summed E-state index contributed by atoms with van der Waals surface area (Å²) in [6.07, 6.45) is -4.40. The van der Waals surface area contributed by atoms with Crippen molar-refractivity contribution in [1.82, 2.24) is 9.55 Å². The molecule has 2 rings (SSSR count). The first-order chi connectivity index (χ1) is 10.3. The van der Waals surface area contributed by atoms with Crippen molar-refractivity contribution in [3.05, 3.63) is 47.0 Å². The highest BCUT2D eigenvalue weighted by Crippen LogP contribution is 2.30. The molecule has 1 aromatic carbocycles. The summed E-state index contributed by atoms with van der Waals surface area (Å²) in [5, 5.41) is 0. The van der Waals surface area contributed by atoms with Crippen LogP contribution in [-0.2, 0) is 10.9 Å². The monoisotopic (exact) mass is 312 g/mol. The van der Waals surface area contributed by atoms with E-state index in [4.69, 9.17) is 4.74 Å². The Hall–Kier alpha value is -2.31. The van der Waals surface area contributed by atoms with Gasteiger partial charge in [-0.2, -0.15) is 13.2 Å². The van der Waals surface area contributed by atoms with Crippen molar-refractivity contribution in [1.29, 1.82) is 0 Å². The van der Waals surface area contributed by atoms with Gasteiger partial charge in [-0.1, -0.05) is 0 Å². The molecule has 0 bridgehead atoms. The SMILES string of the molecule is CCOC(=O)c1c(C)nc(C)n1-c1ccc(C(F)(F)F)cc1. The predicted molar refractivity (Wildman–Crippen MR) is 74.0 cm³/mol. The highest BCUT2D eigenvalue weighted by Gasteiger charge is 2.30. The number of esters is 1. The van der Waals surface area contributed by atoms with E-state index in [-0.39, 0.29) is 12.3 Å². The van der Waals surface area contributed by atoms with Gasteiger partial charge in [0.1, 0.15) is 5.82 Å². The zero-order valence-electron chi connectivity index (χ0n) is 12.4. The summed E-state index contributed by atoms with van der Waals surface area (Å²) in [5.74, 6) is -0.0548. The fourth-order valence-corrected chi connectivity index (χ4v) is 2.22. The molecule has 1 aromatic heterocycles. The van der Waals surface area contributed by atoms with Crippen molar-refractivity contribution in [2.24, 2.45) is 0 Å². The Kier molecular flexibility index (Phi) is 4.25. The van der Waals surface area contributed by atoms with Crippen LogP contribution in [0.4, 0.5) is 13.2 Å². The maximum atomic E-state index is 12.6. The van der Waals surface area contributed by atoms with E-state index >= 15 is 0 Å². The Bertz CT molecular complexity index is 688. The van der Waals surface area contributed by atoms with Crippen LogP contribution in [0.25, 0.3) is 5.69 Å². The van der Waals surface area contributed by atoms with Gasteiger partial charge in [-0.05, 0) is 45.0 Å². The number of halogens is 3. The van der Waals surface area contributed by atoms with Crippen LogP contribution in [0.3, 0.4) is 0 Å². The summed E-state index contributed by atoms with van der Waals surface area (Å²) < 4.78 is 44.3. The molecule has 1 heterocycles. The van der Waals surface area contributed by atoms with Crippen LogP contribution in [0.1, 0.15) is 34.5 Å². The Labute approximate surface area is 125 Å². The van der Waals surface area contributed by atoms with Gasteiger partial charge in [0.25, 0.3) is 0 Å². The summed E-state index contributed by atoms with van der Waals surface area (Å²) in [5.41, 5.74) is 0.368. The molecule has 0 radical (unpaired) electrons. The number of carbonyl (C=O) groups is 1. The molecule has 0 N–H and O–H groups in total. The van der Waals surface area contributed by atoms with Crippen LogP contribution >= 0.6 is 0 Å². The first kappa shape index (κ1) is 16.1. The quantitative estimate of drug-likeness (QED) is 0.812. The zero-order valence-corrected chi connectivity index (χ0v) is 12.4. The van der Waals surface area contributed by atoms with Gasteiger partial charge in [-0.15, -0.1) is 0 Å². The first-order valence-electron chi connectivity index (χ1n) is 6.66. The van der Waals surface area contributed by atoms with Gasteiger partial charge in [0.2, 0.25) is 0 Å². The van der Waals surface area contributed by atoms with E-state index in [0.717, 1.165) is 12.1 Å². The molecule has 0 aliphatic rings. The van der Waals surface area contributed by atoms with E-state index < -0.39 is 17.7 Å². The number of hydrogen-bond donors (Lipinski definition) is 0. The minimum absolute atomic E-state index is 0.204. The molecule has 0 amide bonds. The van der Waals surface area contributed by atoms with Gasteiger partial charge in [-0.25, -0.2) is 9.78 Å². The van der Waals surface area contributed by atoms with Crippen LogP contribution in [0.2, 0.25) is 0 Å². The van der Waals surface area contributed by atoms with E-state index in [0.29, 0.717) is 17.2 Å². The van der Waals surface area contributed by atoms with Crippen LogP contribution < -0.4 is 0 Å². The number of benzene rings is 1. The molecule has 0 atom stereocenters. The van der Waals surface area contributed by atoms with Crippen LogP contribution in [0, 0.1) is 13.8 Å². The summed E-state index contributed by atoms with van der Waals surface area (Å²) in [4.78, 5) is 16.2. The van der Waals surface area contributed by atoms with E-state index in [2.05, 4.69) is 4.98 Å². The molecule has 4 nitrogen and oxygen atoms in total. The second kappa shape index (κ2) is 5.82. The maximum Gasteiger partial charge on any atom is 0.416 e. The van der Waals surface area contributed by atoms with Gasteiger partial charge in [0.15, 0.2) is 5.69 Å². The standard InChI is InChI=1S/C15H15F3N2O2/c1-4-22-14(21)13-9(2)19-10(3)20(13)12-7-5-11(6-8-12)15(16,17)18/h5-8H,4H2,1-3H3. The number of rotatable bonds is 3. The summed E-state index contributed by atoms with van der Waals surface area (Å²) in [6, 6.07) is 4.55. The Balaban J connectivity index is 2.51. The minimum atomic E-state index is -4.40. The average molecular weight is 312 g/mol. The van der Waals surface area contributed by atoms with E-state index in [1.54, 1.807) is 20.8 Å². The van der Waals surface area contributed by atoms with E-state index in [1.165, 1.54) is 16.7 Å². The third-order valence-corrected chi connectivity index (χ3v) is 3.14. The smallest absolute Gasteiger partial charge is 0.416 e. The Morgan fingerprint density at radius 3 is 2.32 bits per heavy atom. The minimum Gasteiger partial charge on any atom is -0.461 e. The molecule has 0 aliphatic carbocycles. The Morgan fingerprint density at radius 1 is 1.23 bits per heavy atom. The van der Waals surface area contributed by atoms with Crippen LogP contribution in [0.5, 0.6) is 0 Å². The number of aryl methyl sites for hydroxylation is 2. The molecule has 0 fully saturated rings. The third kappa shape index (κ3) is 2.98. The van der Waals surface area contributed by atoms with Crippen molar-refractivity contribution in [3.63, 3.8) is 0 Å². The normalized spacial score (nSPS) is 11.5. The third-order valence-electron chi connectivity index (χ3n) is 3.14. The van der Waals surface area contributed by atoms with Crippen molar-refractivity contribution < 1.29 is 22.7 Å². The fourth-order valence-electron chi connectivity index (χ4n) is 2.22. The molecule has 2 aromatic rings. The summed E-state index contributed by atoms with van der Waals surface area (Å²) in [6.45, 7) is 5.21. The topological polar surface area (TPSA) is 44.1 Å². The molecule has 0 saturated heterocycles. The lowest BCUT2D eigenvalue weighted by molar-refractivity contribution is -0.137. The molecule has 0 spiro atoms. The highest BCUT2D eigenvalue weighted by molar-refractivity contribution is 5.89. The van der Waals surface area contributed by atoms with Crippen molar-refractivity contribution in [2.45, 2.75) is 26.9 Å². The van der Waals surface area contributed by atoms with Gasteiger partial charge >= 0.3 is 12.1 Å². The Morgan fingerprint density at radius 2 is 1.82 bits per heavy atom. The van der Waals surface area contributed by atoms with Gasteiger partial charge in [0, 0.05) is 5.69 Å². The van der Waals surface area contributed by atoms with Gasteiger partial charge in [-0.3, -0.25) is 4.57 Å². The molecule has 22 heavy (non-hydrogen) atoms. The number of aromatic nitrogens is 2. The van der Waals surface area contributed by atoms with E-state index in [9.17, 15) is 18.0 Å². The number of carbonyl (C=O) groups excluding carboxylic acids is 1. The lowest BCUT2D eigenvalue weighted by Gasteiger charge is -2.12. The molecule has 0 unspecified atom stereocenters. The molecular weight excluding hydrogens is 297 g/mol. The van der Waals surface area contributed by atoms with E-state index in [1.807, 2.05) is 0 Å². The second-order valence-electron chi connectivity index (χ2n) is 4.69. The number of alkyl halides is 3.